The van der Waals surface area contributed by atoms with Gasteiger partial charge in [0.25, 0.3) is 0 Å². The van der Waals surface area contributed by atoms with Crippen LogP contribution in [0.25, 0.3) is 0 Å². The van der Waals surface area contributed by atoms with E-state index in [1.807, 2.05) is 6.92 Å². The van der Waals surface area contributed by atoms with Crippen molar-refractivity contribution in [1.29, 1.82) is 0 Å². The minimum atomic E-state index is -3.50. The Hall–Kier alpha value is -2.01. The van der Waals surface area contributed by atoms with E-state index in [0.717, 1.165) is 0 Å². The third kappa shape index (κ3) is 2.88. The van der Waals surface area contributed by atoms with Gasteiger partial charge in [-0.15, -0.1) is 0 Å². The zero-order valence-corrected chi connectivity index (χ0v) is 11.4. The van der Waals surface area contributed by atoms with Crippen LogP contribution in [0.1, 0.15) is 6.92 Å². The Labute approximate surface area is 112 Å². The predicted octanol–water partition coefficient (Wildman–Crippen LogP) is 2.50. The van der Waals surface area contributed by atoms with Crippen LogP contribution in [0.4, 0.5) is 5.69 Å². The summed E-state index contributed by atoms with van der Waals surface area (Å²) in [5, 5.41) is 0. The summed E-state index contributed by atoms with van der Waals surface area (Å²) in [7, 11) is -3.50. The van der Waals surface area contributed by atoms with Gasteiger partial charge < -0.3 is 10.5 Å². The van der Waals surface area contributed by atoms with Crippen molar-refractivity contribution < 1.29 is 13.2 Å². The van der Waals surface area contributed by atoms with Crippen molar-refractivity contribution >= 4 is 15.5 Å². The fourth-order valence-corrected chi connectivity index (χ4v) is 2.93. The molecule has 0 spiro atoms. The Balaban J connectivity index is 2.36. The van der Waals surface area contributed by atoms with Crippen molar-refractivity contribution in [2.75, 3.05) is 12.3 Å². The Bertz CT molecular complexity index is 646. The molecular formula is C14H15NO3S. The molecule has 0 aromatic heterocycles. The highest BCUT2D eigenvalue weighted by Gasteiger charge is 2.17. The first kappa shape index (κ1) is 13.4. The molecule has 2 aromatic rings. The Morgan fingerprint density at radius 3 is 1.89 bits per heavy atom. The number of rotatable bonds is 4. The minimum absolute atomic E-state index is 0.228. The SMILES string of the molecule is CCOc1ccc(S(=O)(=O)c2ccc(N)cc2)cc1. The summed E-state index contributed by atoms with van der Waals surface area (Å²) in [5.74, 6) is 0.652. The van der Waals surface area contributed by atoms with E-state index in [1.165, 1.54) is 24.3 Å². The summed E-state index contributed by atoms with van der Waals surface area (Å²) in [6, 6.07) is 12.5. The fourth-order valence-electron chi connectivity index (χ4n) is 1.66. The Morgan fingerprint density at radius 2 is 1.42 bits per heavy atom. The monoisotopic (exact) mass is 277 g/mol. The number of nitrogen functional groups attached to an aromatic ring is 1. The first-order chi connectivity index (χ1) is 9.04. The summed E-state index contributed by atoms with van der Waals surface area (Å²) in [6.07, 6.45) is 0. The van der Waals surface area contributed by atoms with Crippen molar-refractivity contribution in [2.45, 2.75) is 16.7 Å². The van der Waals surface area contributed by atoms with E-state index >= 15 is 0 Å². The number of ether oxygens (including phenoxy) is 1. The molecule has 2 N–H and O–H groups in total. The maximum Gasteiger partial charge on any atom is 0.206 e. The maximum atomic E-state index is 12.3. The van der Waals surface area contributed by atoms with Gasteiger partial charge in [0.1, 0.15) is 5.75 Å². The molecule has 0 fully saturated rings. The topological polar surface area (TPSA) is 69.4 Å². The van der Waals surface area contributed by atoms with Crippen LogP contribution < -0.4 is 10.5 Å². The lowest BCUT2D eigenvalue weighted by atomic mass is 10.3. The number of anilines is 1. The molecule has 5 heteroatoms. The smallest absolute Gasteiger partial charge is 0.206 e. The van der Waals surface area contributed by atoms with Crippen molar-refractivity contribution in [2.24, 2.45) is 0 Å². The van der Waals surface area contributed by atoms with Crippen molar-refractivity contribution in [1.82, 2.24) is 0 Å². The second kappa shape index (κ2) is 5.32. The summed E-state index contributed by atoms with van der Waals surface area (Å²) in [6.45, 7) is 2.42. The van der Waals surface area contributed by atoms with Crippen LogP contribution in [0.5, 0.6) is 5.75 Å². The van der Waals surface area contributed by atoms with Crippen LogP contribution in [0.2, 0.25) is 0 Å². The van der Waals surface area contributed by atoms with Gasteiger partial charge in [-0.25, -0.2) is 8.42 Å². The number of sulfone groups is 1. The number of benzene rings is 2. The quantitative estimate of drug-likeness (QED) is 0.872. The van der Waals surface area contributed by atoms with Gasteiger partial charge in [0.05, 0.1) is 16.4 Å². The van der Waals surface area contributed by atoms with E-state index in [1.54, 1.807) is 24.3 Å². The van der Waals surface area contributed by atoms with Gasteiger partial charge >= 0.3 is 0 Å². The largest absolute Gasteiger partial charge is 0.494 e. The lowest BCUT2D eigenvalue weighted by molar-refractivity contribution is 0.340. The highest BCUT2D eigenvalue weighted by molar-refractivity contribution is 7.91. The van der Waals surface area contributed by atoms with Gasteiger partial charge in [-0.2, -0.15) is 0 Å². The molecule has 0 unspecified atom stereocenters. The molecule has 0 amide bonds. The van der Waals surface area contributed by atoms with Crippen LogP contribution in [0, 0.1) is 0 Å². The summed E-state index contributed by atoms with van der Waals surface area (Å²) < 4.78 is 29.9. The van der Waals surface area contributed by atoms with Gasteiger partial charge in [0, 0.05) is 5.69 Å². The van der Waals surface area contributed by atoms with E-state index in [4.69, 9.17) is 10.5 Å². The first-order valence-electron chi connectivity index (χ1n) is 5.87. The molecule has 0 radical (unpaired) electrons. The zero-order chi connectivity index (χ0) is 13.9. The first-order valence-corrected chi connectivity index (χ1v) is 7.36. The molecular weight excluding hydrogens is 262 g/mol. The van der Waals surface area contributed by atoms with Crippen molar-refractivity contribution in [3.63, 3.8) is 0 Å². The zero-order valence-electron chi connectivity index (χ0n) is 10.5. The van der Waals surface area contributed by atoms with Crippen LogP contribution in [-0.4, -0.2) is 15.0 Å². The van der Waals surface area contributed by atoms with Gasteiger partial charge in [-0.1, -0.05) is 0 Å². The van der Waals surface area contributed by atoms with E-state index in [0.29, 0.717) is 18.0 Å². The Morgan fingerprint density at radius 1 is 0.947 bits per heavy atom. The molecule has 0 aliphatic carbocycles. The van der Waals surface area contributed by atoms with Crippen LogP contribution in [-0.2, 0) is 9.84 Å². The summed E-state index contributed by atoms with van der Waals surface area (Å²) in [4.78, 5) is 0.464. The second-order valence-electron chi connectivity index (χ2n) is 3.98. The van der Waals surface area contributed by atoms with E-state index in [2.05, 4.69) is 0 Å². The third-order valence-electron chi connectivity index (χ3n) is 2.64. The van der Waals surface area contributed by atoms with E-state index in [9.17, 15) is 8.42 Å². The van der Waals surface area contributed by atoms with Crippen molar-refractivity contribution in [3.8, 4) is 5.75 Å². The average molecular weight is 277 g/mol. The molecule has 0 heterocycles. The number of nitrogens with two attached hydrogens (primary N) is 1. The predicted molar refractivity (Wildman–Crippen MR) is 73.9 cm³/mol. The van der Waals surface area contributed by atoms with Crippen molar-refractivity contribution in [3.05, 3.63) is 48.5 Å². The van der Waals surface area contributed by atoms with Crippen LogP contribution in [0.15, 0.2) is 58.3 Å². The molecule has 0 aliphatic heterocycles. The normalized spacial score (nSPS) is 11.2. The molecule has 2 rings (SSSR count). The molecule has 0 saturated heterocycles. The molecule has 2 aromatic carbocycles. The molecule has 4 nitrogen and oxygen atoms in total. The van der Waals surface area contributed by atoms with Gasteiger partial charge in [0.2, 0.25) is 9.84 Å². The average Bonchev–Trinajstić information content (AvgIpc) is 2.40. The molecule has 0 atom stereocenters. The van der Waals surface area contributed by atoms with E-state index in [-0.39, 0.29) is 9.79 Å². The third-order valence-corrected chi connectivity index (χ3v) is 4.42. The molecule has 19 heavy (non-hydrogen) atoms. The fraction of sp³-hybridized carbons (Fsp3) is 0.143. The van der Waals surface area contributed by atoms with Crippen LogP contribution >= 0.6 is 0 Å². The highest BCUT2D eigenvalue weighted by Crippen LogP contribution is 2.23. The van der Waals surface area contributed by atoms with E-state index < -0.39 is 9.84 Å². The maximum absolute atomic E-state index is 12.3. The summed E-state index contributed by atoms with van der Waals surface area (Å²) >= 11 is 0. The minimum Gasteiger partial charge on any atom is -0.494 e. The standard InChI is InChI=1S/C14H15NO3S/c1-2-18-12-5-9-14(10-6-12)19(16,17)13-7-3-11(15)4-8-13/h3-10H,2,15H2,1H3. The summed E-state index contributed by atoms with van der Waals surface area (Å²) in [5.41, 5.74) is 6.08. The highest BCUT2D eigenvalue weighted by atomic mass is 32.2. The number of hydrogen-bond donors (Lipinski definition) is 1. The second-order valence-corrected chi connectivity index (χ2v) is 5.93. The molecule has 0 saturated carbocycles. The molecule has 0 aliphatic rings. The van der Waals surface area contributed by atoms with Gasteiger partial charge in [-0.3, -0.25) is 0 Å². The molecule has 0 bridgehead atoms. The van der Waals surface area contributed by atoms with Gasteiger partial charge in [0.15, 0.2) is 0 Å². The molecule has 100 valence electrons. The lowest BCUT2D eigenvalue weighted by Crippen LogP contribution is -2.02. The lowest BCUT2D eigenvalue weighted by Gasteiger charge is -2.07. The Kier molecular flexibility index (Phi) is 3.76. The van der Waals surface area contributed by atoms with Gasteiger partial charge in [-0.05, 0) is 55.5 Å². The number of hydrogen-bond acceptors (Lipinski definition) is 4. The van der Waals surface area contributed by atoms with Crippen LogP contribution in [0.3, 0.4) is 0 Å².